The summed E-state index contributed by atoms with van der Waals surface area (Å²) in [5.41, 5.74) is 0.719. The fourth-order valence-corrected chi connectivity index (χ4v) is 1.59. The van der Waals surface area contributed by atoms with E-state index in [1.54, 1.807) is 18.5 Å². The SMILES string of the molecule is CCCCc1nc(C(=O)CC)c(C#N)n1C. The molecule has 4 nitrogen and oxygen atoms in total. The second kappa shape index (κ2) is 5.45. The number of ketones is 1. The number of carbonyl (C=O) groups is 1. The minimum atomic E-state index is -0.0603. The molecular formula is C12H17N3O. The molecule has 0 bridgehead atoms. The predicted molar refractivity (Wildman–Crippen MR) is 61.2 cm³/mol. The van der Waals surface area contributed by atoms with Gasteiger partial charge in [0.1, 0.15) is 17.6 Å². The molecule has 0 unspecified atom stereocenters. The summed E-state index contributed by atoms with van der Waals surface area (Å²) in [6, 6.07) is 2.06. The molecule has 0 atom stereocenters. The van der Waals surface area contributed by atoms with Gasteiger partial charge in [-0.15, -0.1) is 0 Å². The van der Waals surface area contributed by atoms with Crippen molar-refractivity contribution in [2.24, 2.45) is 7.05 Å². The lowest BCUT2D eigenvalue weighted by atomic mass is 10.2. The molecule has 0 N–H and O–H groups in total. The maximum atomic E-state index is 11.6. The number of nitriles is 1. The van der Waals surface area contributed by atoms with Crippen LogP contribution >= 0.6 is 0 Å². The Hall–Kier alpha value is -1.63. The third kappa shape index (κ3) is 2.30. The van der Waals surface area contributed by atoms with Gasteiger partial charge in [0.2, 0.25) is 0 Å². The van der Waals surface area contributed by atoms with Crippen molar-refractivity contribution in [2.45, 2.75) is 39.5 Å². The van der Waals surface area contributed by atoms with E-state index in [2.05, 4.69) is 18.0 Å². The minimum absolute atomic E-state index is 0.0603. The maximum absolute atomic E-state index is 11.6. The van der Waals surface area contributed by atoms with Gasteiger partial charge >= 0.3 is 0 Å². The molecule has 0 radical (unpaired) electrons. The lowest BCUT2D eigenvalue weighted by Gasteiger charge is -1.99. The van der Waals surface area contributed by atoms with Crippen molar-refractivity contribution in [1.82, 2.24) is 9.55 Å². The van der Waals surface area contributed by atoms with Gasteiger partial charge in [0.05, 0.1) is 0 Å². The quantitative estimate of drug-likeness (QED) is 0.713. The topological polar surface area (TPSA) is 58.7 Å². The molecule has 0 aromatic carbocycles. The van der Waals surface area contributed by atoms with Gasteiger partial charge in [0, 0.05) is 19.9 Å². The molecule has 1 aromatic heterocycles. The Kier molecular flexibility index (Phi) is 4.24. The smallest absolute Gasteiger partial charge is 0.183 e. The number of nitrogens with zero attached hydrogens (tertiary/aromatic N) is 3. The maximum Gasteiger partial charge on any atom is 0.183 e. The second-order valence-electron chi connectivity index (χ2n) is 3.78. The van der Waals surface area contributed by atoms with Gasteiger partial charge in [-0.1, -0.05) is 20.3 Å². The summed E-state index contributed by atoms with van der Waals surface area (Å²) in [7, 11) is 1.79. The Balaban J connectivity index is 3.11. The van der Waals surface area contributed by atoms with E-state index in [1.165, 1.54) is 0 Å². The Morgan fingerprint density at radius 3 is 2.69 bits per heavy atom. The van der Waals surface area contributed by atoms with Gasteiger partial charge < -0.3 is 4.57 Å². The Bertz CT molecular complexity index is 426. The van der Waals surface area contributed by atoms with Crippen LogP contribution in [0.5, 0.6) is 0 Å². The summed E-state index contributed by atoms with van der Waals surface area (Å²) in [6.45, 7) is 3.89. The number of Topliss-reactive ketones (excluding diaryl/α,β-unsaturated/α-hetero) is 1. The van der Waals surface area contributed by atoms with Crippen LogP contribution in [0.25, 0.3) is 0 Å². The second-order valence-corrected chi connectivity index (χ2v) is 3.78. The first-order chi connectivity index (χ1) is 7.65. The summed E-state index contributed by atoms with van der Waals surface area (Å²) in [4.78, 5) is 15.9. The summed E-state index contributed by atoms with van der Waals surface area (Å²) >= 11 is 0. The predicted octanol–water partition coefficient (Wildman–Crippen LogP) is 2.23. The minimum Gasteiger partial charge on any atom is -0.322 e. The van der Waals surface area contributed by atoms with E-state index >= 15 is 0 Å². The normalized spacial score (nSPS) is 10.1. The fraction of sp³-hybridized carbons (Fsp3) is 0.583. The molecule has 0 amide bonds. The zero-order valence-electron chi connectivity index (χ0n) is 10.1. The highest BCUT2D eigenvalue weighted by atomic mass is 16.1. The average molecular weight is 219 g/mol. The van der Waals surface area contributed by atoms with Crippen molar-refractivity contribution in [3.63, 3.8) is 0 Å². The zero-order valence-corrected chi connectivity index (χ0v) is 10.1. The third-order valence-corrected chi connectivity index (χ3v) is 2.63. The van der Waals surface area contributed by atoms with Crippen LogP contribution in [0.1, 0.15) is 55.1 Å². The van der Waals surface area contributed by atoms with Crippen molar-refractivity contribution in [2.75, 3.05) is 0 Å². The van der Waals surface area contributed by atoms with E-state index in [9.17, 15) is 4.79 Å². The van der Waals surface area contributed by atoms with Crippen molar-refractivity contribution in [3.8, 4) is 6.07 Å². The van der Waals surface area contributed by atoms with Crippen molar-refractivity contribution < 1.29 is 4.79 Å². The van der Waals surface area contributed by atoms with E-state index in [0.29, 0.717) is 17.8 Å². The number of hydrogen-bond donors (Lipinski definition) is 0. The van der Waals surface area contributed by atoms with Crippen LogP contribution in [0.3, 0.4) is 0 Å². The molecule has 0 fully saturated rings. The molecule has 0 spiro atoms. The standard InChI is InChI=1S/C12H17N3O/c1-4-6-7-11-14-12(10(16)5-2)9(8-13)15(11)3/h4-7H2,1-3H3. The van der Waals surface area contributed by atoms with Gasteiger partial charge in [-0.25, -0.2) is 4.98 Å². The van der Waals surface area contributed by atoms with Crippen LogP contribution in [0.2, 0.25) is 0 Å². The molecule has 4 heteroatoms. The highest BCUT2D eigenvalue weighted by Crippen LogP contribution is 2.13. The molecule has 0 saturated heterocycles. The molecule has 0 aliphatic heterocycles. The van der Waals surface area contributed by atoms with Gasteiger partial charge in [-0.2, -0.15) is 5.26 Å². The highest BCUT2D eigenvalue weighted by Gasteiger charge is 2.18. The van der Waals surface area contributed by atoms with Gasteiger partial charge in [0.15, 0.2) is 11.5 Å². The summed E-state index contributed by atoms with van der Waals surface area (Å²) < 4.78 is 1.73. The summed E-state index contributed by atoms with van der Waals surface area (Å²) in [6.07, 6.45) is 3.30. The Morgan fingerprint density at radius 2 is 2.19 bits per heavy atom. The first-order valence-corrected chi connectivity index (χ1v) is 5.64. The van der Waals surface area contributed by atoms with Gasteiger partial charge in [-0.3, -0.25) is 4.79 Å². The first kappa shape index (κ1) is 12.4. The number of unbranched alkanes of at least 4 members (excludes halogenated alkanes) is 1. The molecule has 1 aromatic rings. The number of aromatic nitrogens is 2. The number of carbonyl (C=O) groups excluding carboxylic acids is 1. The number of imidazole rings is 1. The molecule has 16 heavy (non-hydrogen) atoms. The van der Waals surface area contributed by atoms with E-state index in [1.807, 2.05) is 0 Å². The fourth-order valence-electron chi connectivity index (χ4n) is 1.59. The van der Waals surface area contributed by atoms with Crippen LogP contribution in [-0.4, -0.2) is 15.3 Å². The van der Waals surface area contributed by atoms with Crippen molar-refractivity contribution in [3.05, 3.63) is 17.2 Å². The summed E-state index contributed by atoms with van der Waals surface area (Å²) in [5.74, 6) is 0.769. The zero-order chi connectivity index (χ0) is 12.1. The lowest BCUT2D eigenvalue weighted by molar-refractivity contribution is 0.0983. The van der Waals surface area contributed by atoms with Gasteiger partial charge in [-0.05, 0) is 6.42 Å². The van der Waals surface area contributed by atoms with Crippen LogP contribution in [0.4, 0.5) is 0 Å². The number of aryl methyl sites for hydroxylation is 1. The van der Waals surface area contributed by atoms with E-state index < -0.39 is 0 Å². The first-order valence-electron chi connectivity index (χ1n) is 5.64. The molecule has 0 aliphatic rings. The Morgan fingerprint density at radius 1 is 1.50 bits per heavy atom. The lowest BCUT2D eigenvalue weighted by Crippen LogP contribution is -2.02. The average Bonchev–Trinajstić information content (AvgIpc) is 2.62. The molecule has 1 rings (SSSR count). The van der Waals surface area contributed by atoms with Gasteiger partial charge in [0.25, 0.3) is 0 Å². The van der Waals surface area contributed by atoms with Crippen LogP contribution in [0, 0.1) is 11.3 Å². The molecule has 0 saturated carbocycles. The third-order valence-electron chi connectivity index (χ3n) is 2.63. The highest BCUT2D eigenvalue weighted by molar-refractivity contribution is 5.96. The Labute approximate surface area is 95.9 Å². The van der Waals surface area contributed by atoms with E-state index in [-0.39, 0.29) is 5.78 Å². The molecule has 0 aliphatic carbocycles. The van der Waals surface area contributed by atoms with Crippen molar-refractivity contribution in [1.29, 1.82) is 5.26 Å². The van der Waals surface area contributed by atoms with Crippen LogP contribution in [0.15, 0.2) is 0 Å². The molecular weight excluding hydrogens is 202 g/mol. The largest absolute Gasteiger partial charge is 0.322 e. The number of hydrogen-bond acceptors (Lipinski definition) is 3. The molecule has 86 valence electrons. The monoisotopic (exact) mass is 219 g/mol. The number of rotatable bonds is 5. The van der Waals surface area contributed by atoms with Crippen LogP contribution in [-0.2, 0) is 13.5 Å². The van der Waals surface area contributed by atoms with Crippen molar-refractivity contribution >= 4 is 5.78 Å². The van der Waals surface area contributed by atoms with Crippen LogP contribution < -0.4 is 0 Å². The molecule has 1 heterocycles. The van der Waals surface area contributed by atoms with E-state index in [4.69, 9.17) is 5.26 Å². The summed E-state index contributed by atoms with van der Waals surface area (Å²) in [5, 5.41) is 9.02. The van der Waals surface area contributed by atoms with E-state index in [0.717, 1.165) is 25.1 Å².